The van der Waals surface area contributed by atoms with Crippen LogP contribution in [0.3, 0.4) is 0 Å². The number of benzene rings is 10. The second kappa shape index (κ2) is 15.9. The van der Waals surface area contributed by atoms with Gasteiger partial charge in [0, 0.05) is 16.6 Å². The van der Waals surface area contributed by atoms with Crippen molar-refractivity contribution < 1.29 is 4.42 Å². The fourth-order valence-corrected chi connectivity index (χ4v) is 12.0. The SMILES string of the molecule is CC(C)(C)c1ccc2c(c1)C1(c3ccccc3-c3ccc(N(c4ccccc4-c4ccccc4-c4ccccc4-c4ccccc4)c4cccc5oc6ccccc6c45)cc31)c1cc(C(C)(C)C)ccc1-2. The molecule has 1 aromatic heterocycles. The van der Waals surface area contributed by atoms with Crippen molar-refractivity contribution in [2.24, 2.45) is 0 Å². The largest absolute Gasteiger partial charge is 0.456 e. The molecule has 1 spiro atoms. The molecule has 0 saturated heterocycles. The van der Waals surface area contributed by atoms with E-state index in [0.29, 0.717) is 0 Å². The Morgan fingerprint density at radius 2 is 0.803 bits per heavy atom. The van der Waals surface area contributed by atoms with Gasteiger partial charge in [-0.05, 0) is 131 Å². The van der Waals surface area contributed by atoms with Gasteiger partial charge in [0.05, 0.1) is 22.2 Å². The van der Waals surface area contributed by atoms with Crippen LogP contribution in [-0.4, -0.2) is 0 Å². The van der Waals surface area contributed by atoms with Crippen LogP contribution in [0.15, 0.2) is 229 Å². The van der Waals surface area contributed by atoms with E-state index in [0.717, 1.165) is 50.1 Å². The van der Waals surface area contributed by atoms with Crippen molar-refractivity contribution in [1.29, 1.82) is 0 Å². The summed E-state index contributed by atoms with van der Waals surface area (Å²) < 4.78 is 6.68. The molecule has 2 aliphatic rings. The molecular weight excluding hydrogens is 859 g/mol. The van der Waals surface area contributed by atoms with Crippen molar-refractivity contribution in [3.63, 3.8) is 0 Å². The van der Waals surface area contributed by atoms with E-state index < -0.39 is 5.41 Å². The van der Waals surface area contributed by atoms with Gasteiger partial charge in [-0.25, -0.2) is 0 Å². The molecule has 0 N–H and O–H groups in total. The van der Waals surface area contributed by atoms with Crippen LogP contribution in [0.2, 0.25) is 0 Å². The Labute approximate surface area is 417 Å². The summed E-state index contributed by atoms with van der Waals surface area (Å²) in [4.78, 5) is 2.52. The number of hydrogen-bond donors (Lipinski definition) is 0. The molecule has 13 rings (SSSR count). The Morgan fingerprint density at radius 3 is 1.46 bits per heavy atom. The lowest BCUT2D eigenvalue weighted by atomic mass is 9.68. The molecule has 0 fully saturated rings. The lowest BCUT2D eigenvalue weighted by molar-refractivity contribution is 0.586. The predicted molar refractivity (Wildman–Crippen MR) is 298 cm³/mol. The fourth-order valence-electron chi connectivity index (χ4n) is 12.0. The third kappa shape index (κ3) is 6.54. The lowest BCUT2D eigenvalue weighted by Crippen LogP contribution is -2.27. The Balaban J connectivity index is 1.12. The lowest BCUT2D eigenvalue weighted by Gasteiger charge is -2.34. The predicted octanol–water partition coefficient (Wildman–Crippen LogP) is 19.0. The number of rotatable bonds is 6. The minimum absolute atomic E-state index is 0.0468. The first-order chi connectivity index (χ1) is 34.5. The molecule has 0 unspecified atom stereocenters. The molecule has 2 aliphatic carbocycles. The van der Waals surface area contributed by atoms with Crippen LogP contribution in [0.5, 0.6) is 0 Å². The summed E-state index contributed by atoms with van der Waals surface area (Å²) in [7, 11) is 0. The molecule has 0 saturated carbocycles. The highest BCUT2D eigenvalue weighted by atomic mass is 16.3. The second-order valence-electron chi connectivity index (χ2n) is 21.6. The number of para-hydroxylation sites is 2. The number of furan rings is 1. The van der Waals surface area contributed by atoms with Gasteiger partial charge in [0.1, 0.15) is 11.2 Å². The van der Waals surface area contributed by atoms with E-state index >= 15 is 0 Å². The molecule has 11 aromatic rings. The summed E-state index contributed by atoms with van der Waals surface area (Å²) in [5.41, 5.74) is 24.6. The molecular formula is C69H55NO. The smallest absolute Gasteiger partial charge is 0.137 e. The van der Waals surface area contributed by atoms with E-state index in [1.165, 1.54) is 77.9 Å². The van der Waals surface area contributed by atoms with Crippen LogP contribution in [-0.2, 0) is 16.2 Å². The Morgan fingerprint density at radius 1 is 0.338 bits per heavy atom. The molecule has 2 nitrogen and oxygen atoms in total. The Bertz CT molecular complexity index is 3850. The van der Waals surface area contributed by atoms with E-state index in [4.69, 9.17) is 4.42 Å². The third-order valence-corrected chi connectivity index (χ3v) is 15.4. The summed E-state index contributed by atoms with van der Waals surface area (Å²) in [6.07, 6.45) is 0. The minimum Gasteiger partial charge on any atom is -0.456 e. The summed E-state index contributed by atoms with van der Waals surface area (Å²) in [5.74, 6) is 0. The number of nitrogens with zero attached hydrogens (tertiary/aromatic N) is 1. The van der Waals surface area contributed by atoms with Crippen molar-refractivity contribution in [1.82, 2.24) is 0 Å². The molecule has 0 radical (unpaired) electrons. The zero-order valence-electron chi connectivity index (χ0n) is 41.2. The normalized spacial score (nSPS) is 13.3. The minimum atomic E-state index is -0.567. The molecule has 342 valence electrons. The quantitative estimate of drug-likeness (QED) is 0.165. The van der Waals surface area contributed by atoms with Gasteiger partial charge in [0.2, 0.25) is 0 Å². The molecule has 10 aromatic carbocycles. The molecule has 71 heavy (non-hydrogen) atoms. The van der Waals surface area contributed by atoms with Crippen LogP contribution in [0.4, 0.5) is 17.1 Å². The van der Waals surface area contributed by atoms with Crippen LogP contribution >= 0.6 is 0 Å². The number of hydrogen-bond acceptors (Lipinski definition) is 2. The zero-order chi connectivity index (χ0) is 48.2. The summed E-state index contributed by atoms with van der Waals surface area (Å²) in [6, 6.07) is 83.6. The van der Waals surface area contributed by atoms with E-state index in [1.807, 2.05) is 0 Å². The van der Waals surface area contributed by atoms with Gasteiger partial charge in [-0.3, -0.25) is 0 Å². The van der Waals surface area contributed by atoms with Crippen molar-refractivity contribution >= 4 is 39.0 Å². The second-order valence-corrected chi connectivity index (χ2v) is 21.6. The maximum Gasteiger partial charge on any atom is 0.137 e. The fraction of sp³-hybridized carbons (Fsp3) is 0.130. The zero-order valence-corrected chi connectivity index (χ0v) is 41.2. The summed E-state index contributed by atoms with van der Waals surface area (Å²) in [5, 5.41) is 2.17. The van der Waals surface area contributed by atoms with Gasteiger partial charge < -0.3 is 9.32 Å². The number of fused-ring (bicyclic) bond motifs is 13. The molecule has 0 amide bonds. The first-order valence-electron chi connectivity index (χ1n) is 25.1. The molecule has 2 heteroatoms. The van der Waals surface area contributed by atoms with Crippen LogP contribution in [0.1, 0.15) is 74.9 Å². The van der Waals surface area contributed by atoms with E-state index in [-0.39, 0.29) is 10.8 Å². The first kappa shape index (κ1) is 42.9. The van der Waals surface area contributed by atoms with Crippen molar-refractivity contribution in [3.8, 4) is 55.6 Å². The number of anilines is 3. The Hall–Kier alpha value is -8.20. The van der Waals surface area contributed by atoms with Gasteiger partial charge in [0.15, 0.2) is 0 Å². The van der Waals surface area contributed by atoms with Crippen LogP contribution in [0.25, 0.3) is 77.6 Å². The van der Waals surface area contributed by atoms with Gasteiger partial charge in [-0.2, -0.15) is 0 Å². The van der Waals surface area contributed by atoms with Gasteiger partial charge in [-0.15, -0.1) is 0 Å². The topological polar surface area (TPSA) is 16.4 Å². The highest BCUT2D eigenvalue weighted by molar-refractivity contribution is 6.14. The van der Waals surface area contributed by atoms with E-state index in [1.54, 1.807) is 0 Å². The van der Waals surface area contributed by atoms with Gasteiger partial charge >= 0.3 is 0 Å². The standard InChI is InChI=1S/C69H55NO/c1-67(2,3)45-35-38-53-54-39-36-46(68(4,5)6)42-60(54)69(59(53)41-45)58-30-17-14-27-52(58)55-40-37-47(43-61(55)69)70(63-32-20-34-65-66(63)57-29-16-19-33-64(57)71-65)62-31-18-15-28-56(62)51-26-13-12-25-50(51)49-24-11-10-23-48(49)44-21-8-7-9-22-44/h7-43H,1-6H3. The summed E-state index contributed by atoms with van der Waals surface area (Å²) >= 11 is 0. The van der Waals surface area contributed by atoms with Crippen molar-refractivity contribution in [2.45, 2.75) is 57.8 Å². The van der Waals surface area contributed by atoms with E-state index in [9.17, 15) is 0 Å². The van der Waals surface area contributed by atoms with Crippen molar-refractivity contribution in [3.05, 3.63) is 258 Å². The maximum atomic E-state index is 6.68. The van der Waals surface area contributed by atoms with Crippen LogP contribution < -0.4 is 4.90 Å². The molecule has 1 heterocycles. The molecule has 0 aliphatic heterocycles. The monoisotopic (exact) mass is 913 g/mol. The Kier molecular flexibility index (Phi) is 9.61. The molecule has 0 bridgehead atoms. The average Bonchev–Trinajstić information content (AvgIpc) is 4.03. The van der Waals surface area contributed by atoms with Crippen LogP contribution in [0, 0.1) is 0 Å². The average molecular weight is 914 g/mol. The highest BCUT2D eigenvalue weighted by Gasteiger charge is 2.52. The third-order valence-electron chi connectivity index (χ3n) is 15.4. The van der Waals surface area contributed by atoms with Gasteiger partial charge in [-0.1, -0.05) is 230 Å². The van der Waals surface area contributed by atoms with E-state index in [2.05, 4.69) is 271 Å². The maximum absolute atomic E-state index is 6.68. The molecule has 0 atom stereocenters. The summed E-state index contributed by atoms with van der Waals surface area (Å²) in [6.45, 7) is 14.0. The highest BCUT2D eigenvalue weighted by Crippen LogP contribution is 2.64. The van der Waals surface area contributed by atoms with Crippen molar-refractivity contribution in [2.75, 3.05) is 4.90 Å². The van der Waals surface area contributed by atoms with Gasteiger partial charge in [0.25, 0.3) is 0 Å². The first-order valence-corrected chi connectivity index (χ1v) is 25.1.